The summed E-state index contributed by atoms with van der Waals surface area (Å²) < 4.78 is 0. The molecule has 3 nitrogen and oxygen atoms in total. The lowest BCUT2D eigenvalue weighted by Crippen LogP contribution is -2.39. The third kappa shape index (κ3) is 2.60. The van der Waals surface area contributed by atoms with E-state index in [0.717, 1.165) is 11.6 Å². The molecule has 0 saturated heterocycles. The van der Waals surface area contributed by atoms with E-state index in [1.807, 2.05) is 12.3 Å². The Bertz CT molecular complexity index is 364. The fourth-order valence-corrected chi connectivity index (χ4v) is 2.96. The van der Waals surface area contributed by atoms with Crippen molar-refractivity contribution < 1.29 is 0 Å². The average Bonchev–Trinajstić information content (AvgIpc) is 2.38. The third-order valence-electron chi connectivity index (χ3n) is 4.00. The molecule has 1 aromatic rings. The van der Waals surface area contributed by atoms with Gasteiger partial charge >= 0.3 is 0 Å². The van der Waals surface area contributed by atoms with Crippen molar-refractivity contribution in [3.05, 3.63) is 24.0 Å². The van der Waals surface area contributed by atoms with E-state index in [1.54, 1.807) is 0 Å². The zero-order chi connectivity index (χ0) is 12.3. The first-order chi connectivity index (χ1) is 8.24. The second-order valence-corrected chi connectivity index (χ2v) is 5.11. The molecule has 0 amide bonds. The molecular formula is C14H23N3. The molecule has 0 aromatic carbocycles. The maximum absolute atomic E-state index is 5.76. The Morgan fingerprint density at radius 3 is 2.88 bits per heavy atom. The predicted octanol–water partition coefficient (Wildman–Crippen LogP) is 2.56. The standard InChI is InChI=1S/C14H23N3/c1-11-6-3-4-7-13(11)17(2)14-8-5-9-16-12(14)10-15/h5,8-9,11,13H,3-4,6-7,10,15H2,1-2H3. The summed E-state index contributed by atoms with van der Waals surface area (Å²) >= 11 is 0. The third-order valence-corrected chi connectivity index (χ3v) is 4.00. The summed E-state index contributed by atoms with van der Waals surface area (Å²) in [6, 6.07) is 4.77. The van der Waals surface area contributed by atoms with E-state index < -0.39 is 0 Å². The highest BCUT2D eigenvalue weighted by molar-refractivity contribution is 5.50. The van der Waals surface area contributed by atoms with E-state index in [9.17, 15) is 0 Å². The largest absolute Gasteiger partial charge is 0.370 e. The highest BCUT2D eigenvalue weighted by Gasteiger charge is 2.26. The van der Waals surface area contributed by atoms with E-state index in [0.29, 0.717) is 12.6 Å². The Hall–Kier alpha value is -1.09. The summed E-state index contributed by atoms with van der Waals surface area (Å²) in [5.41, 5.74) is 7.97. The molecule has 2 unspecified atom stereocenters. The van der Waals surface area contributed by atoms with Crippen molar-refractivity contribution >= 4 is 5.69 Å². The molecule has 1 aromatic heterocycles. The summed E-state index contributed by atoms with van der Waals surface area (Å²) in [7, 11) is 2.18. The van der Waals surface area contributed by atoms with Crippen LogP contribution >= 0.6 is 0 Å². The van der Waals surface area contributed by atoms with Crippen molar-refractivity contribution in [3.63, 3.8) is 0 Å². The predicted molar refractivity (Wildman–Crippen MR) is 72.0 cm³/mol. The number of rotatable bonds is 3. The smallest absolute Gasteiger partial charge is 0.0772 e. The number of pyridine rings is 1. The summed E-state index contributed by atoms with van der Waals surface area (Å²) in [6.45, 7) is 2.88. The van der Waals surface area contributed by atoms with E-state index in [-0.39, 0.29) is 0 Å². The molecule has 0 spiro atoms. The molecule has 1 aliphatic rings. The van der Waals surface area contributed by atoms with Gasteiger partial charge in [0.05, 0.1) is 11.4 Å². The first-order valence-corrected chi connectivity index (χ1v) is 6.61. The van der Waals surface area contributed by atoms with Crippen molar-refractivity contribution in [2.45, 2.75) is 45.2 Å². The van der Waals surface area contributed by atoms with Gasteiger partial charge in [-0.3, -0.25) is 4.98 Å². The van der Waals surface area contributed by atoms with Gasteiger partial charge in [-0.1, -0.05) is 19.8 Å². The van der Waals surface area contributed by atoms with Crippen molar-refractivity contribution in [2.75, 3.05) is 11.9 Å². The Morgan fingerprint density at radius 1 is 1.41 bits per heavy atom. The van der Waals surface area contributed by atoms with Crippen LogP contribution in [-0.4, -0.2) is 18.1 Å². The topological polar surface area (TPSA) is 42.2 Å². The maximum atomic E-state index is 5.76. The summed E-state index contributed by atoms with van der Waals surface area (Å²) in [6.07, 6.45) is 7.17. The van der Waals surface area contributed by atoms with Gasteiger partial charge < -0.3 is 10.6 Å². The second-order valence-electron chi connectivity index (χ2n) is 5.11. The van der Waals surface area contributed by atoms with E-state index in [4.69, 9.17) is 5.73 Å². The van der Waals surface area contributed by atoms with Crippen LogP contribution < -0.4 is 10.6 Å². The molecule has 1 heterocycles. The minimum absolute atomic E-state index is 0.515. The van der Waals surface area contributed by atoms with Gasteiger partial charge in [0.25, 0.3) is 0 Å². The average molecular weight is 233 g/mol. The van der Waals surface area contributed by atoms with Crippen LogP contribution in [0.4, 0.5) is 5.69 Å². The van der Waals surface area contributed by atoms with Crippen LogP contribution in [0.15, 0.2) is 18.3 Å². The molecule has 1 fully saturated rings. The molecule has 0 bridgehead atoms. The molecular weight excluding hydrogens is 210 g/mol. The molecule has 0 radical (unpaired) electrons. The molecule has 1 saturated carbocycles. The fourth-order valence-electron chi connectivity index (χ4n) is 2.96. The van der Waals surface area contributed by atoms with E-state index >= 15 is 0 Å². The molecule has 2 rings (SSSR count). The summed E-state index contributed by atoms with van der Waals surface area (Å²) in [5, 5.41) is 0. The van der Waals surface area contributed by atoms with Gasteiger partial charge in [0.1, 0.15) is 0 Å². The Labute approximate surface area is 104 Å². The molecule has 0 aliphatic heterocycles. The molecule has 2 N–H and O–H groups in total. The van der Waals surface area contributed by atoms with Gasteiger partial charge in [0.15, 0.2) is 0 Å². The molecule has 2 atom stereocenters. The van der Waals surface area contributed by atoms with Gasteiger partial charge in [-0.15, -0.1) is 0 Å². The molecule has 3 heteroatoms. The van der Waals surface area contributed by atoms with Gasteiger partial charge in [-0.05, 0) is 30.9 Å². The van der Waals surface area contributed by atoms with E-state index in [1.165, 1.54) is 31.4 Å². The lowest BCUT2D eigenvalue weighted by Gasteiger charge is -2.38. The zero-order valence-corrected chi connectivity index (χ0v) is 10.9. The van der Waals surface area contributed by atoms with Crippen molar-refractivity contribution in [2.24, 2.45) is 11.7 Å². The number of nitrogens with two attached hydrogens (primary N) is 1. The first kappa shape index (κ1) is 12.4. The Morgan fingerprint density at radius 2 is 2.18 bits per heavy atom. The quantitative estimate of drug-likeness (QED) is 0.872. The summed E-state index contributed by atoms with van der Waals surface area (Å²) in [4.78, 5) is 6.76. The lowest BCUT2D eigenvalue weighted by atomic mass is 9.85. The van der Waals surface area contributed by atoms with Crippen LogP contribution in [0.3, 0.4) is 0 Å². The summed E-state index contributed by atoms with van der Waals surface area (Å²) in [5.74, 6) is 0.764. The van der Waals surface area contributed by atoms with E-state index in [2.05, 4.69) is 29.9 Å². The lowest BCUT2D eigenvalue weighted by molar-refractivity contribution is 0.321. The Balaban J connectivity index is 2.20. The van der Waals surface area contributed by atoms with Crippen LogP contribution in [0.1, 0.15) is 38.3 Å². The monoisotopic (exact) mass is 233 g/mol. The number of nitrogens with zero attached hydrogens (tertiary/aromatic N) is 2. The number of hydrogen-bond acceptors (Lipinski definition) is 3. The minimum Gasteiger partial charge on any atom is -0.370 e. The van der Waals surface area contributed by atoms with Crippen LogP contribution in [0.25, 0.3) is 0 Å². The van der Waals surface area contributed by atoms with Crippen molar-refractivity contribution in [3.8, 4) is 0 Å². The number of aromatic nitrogens is 1. The molecule has 17 heavy (non-hydrogen) atoms. The van der Waals surface area contributed by atoms with Crippen LogP contribution in [0.5, 0.6) is 0 Å². The highest BCUT2D eigenvalue weighted by Crippen LogP contribution is 2.31. The number of anilines is 1. The van der Waals surface area contributed by atoms with Crippen molar-refractivity contribution in [1.82, 2.24) is 4.98 Å². The molecule has 94 valence electrons. The SMILES string of the molecule is CC1CCCCC1N(C)c1cccnc1CN. The fraction of sp³-hybridized carbons (Fsp3) is 0.643. The van der Waals surface area contributed by atoms with Crippen LogP contribution in [0.2, 0.25) is 0 Å². The normalized spacial score (nSPS) is 24.6. The number of hydrogen-bond donors (Lipinski definition) is 1. The zero-order valence-electron chi connectivity index (χ0n) is 10.9. The van der Waals surface area contributed by atoms with Crippen LogP contribution in [-0.2, 0) is 6.54 Å². The Kier molecular flexibility index (Phi) is 4.00. The second kappa shape index (κ2) is 5.50. The van der Waals surface area contributed by atoms with Gasteiger partial charge in [0, 0.05) is 25.8 Å². The highest BCUT2D eigenvalue weighted by atomic mass is 15.1. The minimum atomic E-state index is 0.515. The maximum Gasteiger partial charge on any atom is 0.0772 e. The van der Waals surface area contributed by atoms with Gasteiger partial charge in [-0.2, -0.15) is 0 Å². The van der Waals surface area contributed by atoms with Crippen molar-refractivity contribution in [1.29, 1.82) is 0 Å². The van der Waals surface area contributed by atoms with Crippen LogP contribution in [0, 0.1) is 5.92 Å². The van der Waals surface area contributed by atoms with Gasteiger partial charge in [0.2, 0.25) is 0 Å². The first-order valence-electron chi connectivity index (χ1n) is 6.61. The van der Waals surface area contributed by atoms with Gasteiger partial charge in [-0.25, -0.2) is 0 Å². The molecule has 1 aliphatic carbocycles.